The number of rotatable bonds is 5. The highest BCUT2D eigenvalue weighted by Crippen LogP contribution is 2.57. The second-order valence-corrected chi connectivity index (χ2v) is 6.93. The number of hydrogen-bond acceptors (Lipinski definition) is 4. The molecule has 0 spiro atoms. The molecule has 0 N–H and O–H groups in total. The van der Waals surface area contributed by atoms with E-state index >= 15 is 0 Å². The van der Waals surface area contributed by atoms with Gasteiger partial charge in [0.2, 0.25) is 0 Å². The van der Waals surface area contributed by atoms with Gasteiger partial charge in [0.25, 0.3) is 0 Å². The van der Waals surface area contributed by atoms with Gasteiger partial charge < -0.3 is 19.2 Å². The molecular weight excluding hydrogens is 290 g/mol. The number of likely N-dealkylation sites (N-methyl/N-ethyl adjacent to an activating group) is 1. The van der Waals surface area contributed by atoms with E-state index in [4.69, 9.17) is 9.47 Å². The van der Waals surface area contributed by atoms with Gasteiger partial charge in [-0.1, -0.05) is 19.4 Å². The van der Waals surface area contributed by atoms with Crippen molar-refractivity contribution in [2.24, 2.45) is 11.8 Å². The number of carbonyl (C=O) groups excluding carboxylic acids is 1. The molecular formula is C19H27NO3. The third-order valence-corrected chi connectivity index (χ3v) is 6.16. The Bertz CT molecular complexity index is 588. The minimum Gasteiger partial charge on any atom is -0.493 e. The smallest absolute Gasteiger partial charge is 0.161 e. The molecule has 0 bridgehead atoms. The Hall–Kier alpha value is -1.55. The molecule has 4 heteroatoms. The maximum Gasteiger partial charge on any atom is 0.161 e. The SMILES string of the molecule is CCC1CC(C=O)[C@@H]2N(C)CC[C@]12c1ccc(OC)c(OC)c1. The van der Waals surface area contributed by atoms with Crippen LogP contribution in [0.25, 0.3) is 0 Å². The van der Waals surface area contributed by atoms with Crippen LogP contribution in [0.2, 0.25) is 0 Å². The molecule has 1 aliphatic heterocycles. The molecule has 1 saturated heterocycles. The molecule has 2 unspecified atom stereocenters. The summed E-state index contributed by atoms with van der Waals surface area (Å²) in [6.45, 7) is 3.29. The number of carbonyl (C=O) groups is 1. The maximum absolute atomic E-state index is 11.7. The van der Waals surface area contributed by atoms with Gasteiger partial charge in [-0.15, -0.1) is 0 Å². The molecule has 1 aromatic rings. The summed E-state index contributed by atoms with van der Waals surface area (Å²) < 4.78 is 10.9. The van der Waals surface area contributed by atoms with E-state index in [1.807, 2.05) is 6.07 Å². The zero-order valence-corrected chi connectivity index (χ0v) is 14.5. The van der Waals surface area contributed by atoms with Crippen molar-refractivity contribution >= 4 is 6.29 Å². The van der Waals surface area contributed by atoms with Crippen LogP contribution in [0, 0.1) is 11.8 Å². The molecule has 3 rings (SSSR count). The van der Waals surface area contributed by atoms with E-state index in [1.165, 1.54) is 11.8 Å². The predicted octanol–water partition coefficient (Wildman–Crippen LogP) is 2.89. The summed E-state index contributed by atoms with van der Waals surface area (Å²) >= 11 is 0. The molecule has 0 amide bonds. The monoisotopic (exact) mass is 317 g/mol. The molecule has 2 fully saturated rings. The summed E-state index contributed by atoms with van der Waals surface area (Å²) in [6.07, 6.45) is 4.37. The number of ether oxygens (including phenoxy) is 2. The minimum atomic E-state index is 0.0502. The van der Waals surface area contributed by atoms with Crippen molar-refractivity contribution in [2.45, 2.75) is 37.6 Å². The van der Waals surface area contributed by atoms with Crippen LogP contribution in [0.4, 0.5) is 0 Å². The Morgan fingerprint density at radius 1 is 1.30 bits per heavy atom. The Balaban J connectivity index is 2.12. The normalized spacial score (nSPS) is 33.5. The second-order valence-electron chi connectivity index (χ2n) is 6.93. The van der Waals surface area contributed by atoms with E-state index < -0.39 is 0 Å². The second kappa shape index (κ2) is 6.16. The van der Waals surface area contributed by atoms with Crippen LogP contribution in [-0.4, -0.2) is 45.0 Å². The van der Waals surface area contributed by atoms with Crippen LogP contribution in [0.5, 0.6) is 11.5 Å². The lowest BCUT2D eigenvalue weighted by atomic mass is 9.68. The molecule has 2 aliphatic rings. The van der Waals surface area contributed by atoms with Crippen molar-refractivity contribution in [1.82, 2.24) is 4.90 Å². The Kier molecular flexibility index (Phi) is 4.37. The van der Waals surface area contributed by atoms with E-state index in [-0.39, 0.29) is 11.3 Å². The zero-order chi connectivity index (χ0) is 16.6. The highest BCUT2D eigenvalue weighted by molar-refractivity contribution is 5.59. The van der Waals surface area contributed by atoms with Gasteiger partial charge >= 0.3 is 0 Å². The van der Waals surface area contributed by atoms with Crippen molar-refractivity contribution in [3.05, 3.63) is 23.8 Å². The maximum atomic E-state index is 11.7. The van der Waals surface area contributed by atoms with Crippen LogP contribution < -0.4 is 9.47 Å². The lowest BCUT2D eigenvalue weighted by Gasteiger charge is -2.37. The fourth-order valence-corrected chi connectivity index (χ4v) is 5.20. The van der Waals surface area contributed by atoms with Crippen LogP contribution in [0.1, 0.15) is 31.7 Å². The molecule has 0 radical (unpaired) electrons. The van der Waals surface area contributed by atoms with Crippen LogP contribution in [-0.2, 0) is 10.2 Å². The summed E-state index contributed by atoms with van der Waals surface area (Å²) in [5, 5.41) is 0. The number of hydrogen-bond donors (Lipinski definition) is 0. The predicted molar refractivity (Wildman–Crippen MR) is 90.2 cm³/mol. The lowest BCUT2D eigenvalue weighted by molar-refractivity contribution is -0.112. The van der Waals surface area contributed by atoms with E-state index in [0.29, 0.717) is 12.0 Å². The van der Waals surface area contributed by atoms with Gasteiger partial charge in [-0.05, 0) is 50.0 Å². The van der Waals surface area contributed by atoms with Gasteiger partial charge in [-0.2, -0.15) is 0 Å². The van der Waals surface area contributed by atoms with Gasteiger partial charge in [-0.3, -0.25) is 0 Å². The first kappa shape index (κ1) is 16.3. The van der Waals surface area contributed by atoms with E-state index in [9.17, 15) is 4.79 Å². The Morgan fingerprint density at radius 3 is 2.65 bits per heavy atom. The van der Waals surface area contributed by atoms with Gasteiger partial charge in [0.1, 0.15) is 6.29 Å². The zero-order valence-electron chi connectivity index (χ0n) is 14.5. The molecule has 126 valence electrons. The molecule has 0 aromatic heterocycles. The number of fused-ring (bicyclic) bond motifs is 1. The van der Waals surface area contributed by atoms with Crippen LogP contribution in [0.15, 0.2) is 18.2 Å². The quantitative estimate of drug-likeness (QED) is 0.783. The van der Waals surface area contributed by atoms with Gasteiger partial charge in [0.05, 0.1) is 14.2 Å². The van der Waals surface area contributed by atoms with Crippen molar-refractivity contribution in [3.63, 3.8) is 0 Å². The highest BCUT2D eigenvalue weighted by Gasteiger charge is 2.59. The molecule has 1 saturated carbocycles. The first-order chi connectivity index (χ1) is 11.1. The summed E-state index contributed by atoms with van der Waals surface area (Å²) in [5.74, 6) is 2.19. The molecule has 4 atom stereocenters. The summed E-state index contributed by atoms with van der Waals surface area (Å²) in [7, 11) is 5.49. The number of aldehydes is 1. The van der Waals surface area contributed by atoms with E-state index in [2.05, 4.69) is 31.0 Å². The molecule has 1 heterocycles. The van der Waals surface area contributed by atoms with E-state index in [1.54, 1.807) is 14.2 Å². The molecule has 4 nitrogen and oxygen atoms in total. The molecule has 1 aliphatic carbocycles. The largest absolute Gasteiger partial charge is 0.493 e. The van der Waals surface area contributed by atoms with Crippen molar-refractivity contribution in [2.75, 3.05) is 27.8 Å². The highest BCUT2D eigenvalue weighted by atomic mass is 16.5. The molecule has 1 aromatic carbocycles. The lowest BCUT2D eigenvalue weighted by Crippen LogP contribution is -2.43. The number of benzene rings is 1. The topological polar surface area (TPSA) is 38.8 Å². The summed E-state index contributed by atoms with van der Waals surface area (Å²) in [5.41, 5.74) is 1.34. The van der Waals surface area contributed by atoms with E-state index in [0.717, 1.165) is 37.3 Å². The first-order valence-electron chi connectivity index (χ1n) is 8.50. The van der Waals surface area contributed by atoms with Crippen molar-refractivity contribution in [3.8, 4) is 11.5 Å². The fraction of sp³-hybridized carbons (Fsp3) is 0.632. The van der Waals surface area contributed by atoms with Gasteiger partial charge in [0.15, 0.2) is 11.5 Å². The number of nitrogens with zero attached hydrogens (tertiary/aromatic N) is 1. The van der Waals surface area contributed by atoms with Gasteiger partial charge in [0, 0.05) is 17.4 Å². The molecule has 23 heavy (non-hydrogen) atoms. The third kappa shape index (κ3) is 2.26. The summed E-state index contributed by atoms with van der Waals surface area (Å²) in [4.78, 5) is 14.1. The fourth-order valence-electron chi connectivity index (χ4n) is 5.20. The minimum absolute atomic E-state index is 0.0502. The van der Waals surface area contributed by atoms with Gasteiger partial charge in [-0.25, -0.2) is 0 Å². The Labute approximate surface area is 138 Å². The number of methoxy groups -OCH3 is 2. The van der Waals surface area contributed by atoms with Crippen LogP contribution >= 0.6 is 0 Å². The average Bonchev–Trinajstić information content (AvgIpc) is 3.10. The average molecular weight is 317 g/mol. The summed E-state index contributed by atoms with van der Waals surface area (Å²) in [6, 6.07) is 6.59. The number of likely N-dealkylation sites (tertiary alicyclic amines) is 1. The first-order valence-corrected chi connectivity index (χ1v) is 8.50. The standard InChI is InChI=1S/C19H27NO3/c1-5-14-10-13(12-21)18-19(14,8-9-20(18)2)15-6-7-16(22-3)17(11-15)23-4/h6-7,11-14,18H,5,8-10H2,1-4H3/t13?,14?,18-,19+/m0/s1. The Morgan fingerprint density at radius 2 is 2.04 bits per heavy atom. The van der Waals surface area contributed by atoms with Crippen molar-refractivity contribution < 1.29 is 14.3 Å². The third-order valence-electron chi connectivity index (χ3n) is 6.16. The van der Waals surface area contributed by atoms with Crippen LogP contribution in [0.3, 0.4) is 0 Å². The van der Waals surface area contributed by atoms with Crippen molar-refractivity contribution in [1.29, 1.82) is 0 Å².